The maximum atomic E-state index is 12.9. The molecule has 1 aliphatic rings. The van der Waals surface area contributed by atoms with Crippen molar-refractivity contribution in [2.45, 2.75) is 32.7 Å². The summed E-state index contributed by atoms with van der Waals surface area (Å²) in [5.74, 6) is 1.12. The molecule has 28 heavy (non-hydrogen) atoms. The van der Waals surface area contributed by atoms with E-state index in [1.807, 2.05) is 59.5 Å². The van der Waals surface area contributed by atoms with Crippen LogP contribution in [0.25, 0.3) is 11.3 Å². The SMILES string of the molecule is CC(C)c1nc2c(c(-c3ccc(Cl)cc3)n1)CN(C(=O)c1ccccc1)CC2. The first-order valence-corrected chi connectivity index (χ1v) is 9.90. The summed E-state index contributed by atoms with van der Waals surface area (Å²) in [6.07, 6.45) is 0.733. The van der Waals surface area contributed by atoms with E-state index in [-0.39, 0.29) is 11.8 Å². The Morgan fingerprint density at radius 1 is 1.04 bits per heavy atom. The van der Waals surface area contributed by atoms with Gasteiger partial charge in [0.25, 0.3) is 5.91 Å². The molecule has 142 valence electrons. The number of hydrogen-bond acceptors (Lipinski definition) is 3. The maximum absolute atomic E-state index is 12.9. The van der Waals surface area contributed by atoms with Gasteiger partial charge in [0.05, 0.1) is 11.4 Å². The molecule has 0 bridgehead atoms. The van der Waals surface area contributed by atoms with Gasteiger partial charge in [-0.3, -0.25) is 4.79 Å². The Balaban J connectivity index is 1.75. The Labute approximate surface area is 170 Å². The van der Waals surface area contributed by atoms with Gasteiger partial charge in [-0.05, 0) is 24.3 Å². The van der Waals surface area contributed by atoms with Crippen molar-refractivity contribution in [2.75, 3.05) is 6.54 Å². The van der Waals surface area contributed by atoms with Crippen molar-refractivity contribution in [1.29, 1.82) is 0 Å². The number of carbonyl (C=O) groups excluding carboxylic acids is 1. The molecule has 0 saturated heterocycles. The van der Waals surface area contributed by atoms with Crippen molar-refractivity contribution in [2.24, 2.45) is 0 Å². The lowest BCUT2D eigenvalue weighted by Crippen LogP contribution is -2.37. The molecule has 0 atom stereocenters. The molecule has 4 rings (SSSR count). The highest BCUT2D eigenvalue weighted by Gasteiger charge is 2.27. The first-order valence-electron chi connectivity index (χ1n) is 9.53. The van der Waals surface area contributed by atoms with Crippen LogP contribution in [0.4, 0.5) is 0 Å². The minimum Gasteiger partial charge on any atom is -0.334 e. The third-order valence-corrected chi connectivity index (χ3v) is 5.27. The highest BCUT2D eigenvalue weighted by molar-refractivity contribution is 6.30. The highest BCUT2D eigenvalue weighted by atomic mass is 35.5. The third kappa shape index (κ3) is 3.65. The van der Waals surface area contributed by atoms with Crippen molar-refractivity contribution in [3.63, 3.8) is 0 Å². The molecule has 0 unspecified atom stereocenters. The molecule has 0 aliphatic carbocycles. The fourth-order valence-electron chi connectivity index (χ4n) is 3.47. The Kier molecular flexibility index (Phi) is 5.14. The summed E-state index contributed by atoms with van der Waals surface area (Å²) in [5, 5.41) is 0.691. The molecule has 1 aromatic heterocycles. The number of nitrogens with zero attached hydrogens (tertiary/aromatic N) is 3. The van der Waals surface area contributed by atoms with Gasteiger partial charge in [0.1, 0.15) is 5.82 Å². The Bertz CT molecular complexity index is 1000. The molecule has 0 spiro atoms. The zero-order chi connectivity index (χ0) is 19.7. The van der Waals surface area contributed by atoms with Crippen LogP contribution in [0.1, 0.15) is 47.2 Å². The molecule has 5 heteroatoms. The Morgan fingerprint density at radius 3 is 2.43 bits per heavy atom. The largest absolute Gasteiger partial charge is 0.334 e. The van der Waals surface area contributed by atoms with E-state index in [1.54, 1.807) is 0 Å². The zero-order valence-corrected chi connectivity index (χ0v) is 16.8. The molecule has 0 fully saturated rings. The number of hydrogen-bond donors (Lipinski definition) is 0. The first-order chi connectivity index (χ1) is 13.5. The molecular weight excluding hydrogens is 370 g/mol. The summed E-state index contributed by atoms with van der Waals surface area (Å²) in [5.41, 5.74) is 4.68. The first kappa shape index (κ1) is 18.6. The van der Waals surface area contributed by atoms with Crippen LogP contribution in [0.3, 0.4) is 0 Å². The maximum Gasteiger partial charge on any atom is 0.254 e. The van der Waals surface area contributed by atoms with E-state index in [1.165, 1.54) is 0 Å². The molecule has 0 saturated carbocycles. The van der Waals surface area contributed by atoms with Crippen LogP contribution in [-0.2, 0) is 13.0 Å². The third-order valence-electron chi connectivity index (χ3n) is 5.02. The van der Waals surface area contributed by atoms with Gasteiger partial charge in [0.2, 0.25) is 0 Å². The average Bonchev–Trinajstić information content (AvgIpc) is 2.73. The number of halogens is 1. The fraction of sp³-hybridized carbons (Fsp3) is 0.261. The number of carbonyl (C=O) groups is 1. The number of fused-ring (bicyclic) bond motifs is 1. The van der Waals surface area contributed by atoms with Gasteiger partial charge in [-0.15, -0.1) is 0 Å². The smallest absolute Gasteiger partial charge is 0.254 e. The Hall–Kier alpha value is -2.72. The van der Waals surface area contributed by atoms with Crippen LogP contribution in [0.2, 0.25) is 5.02 Å². The minimum absolute atomic E-state index is 0.0428. The molecule has 0 N–H and O–H groups in total. The van der Waals surface area contributed by atoms with E-state index in [4.69, 9.17) is 21.6 Å². The van der Waals surface area contributed by atoms with Crippen LogP contribution >= 0.6 is 11.6 Å². The lowest BCUT2D eigenvalue weighted by molar-refractivity contribution is 0.0733. The predicted octanol–water partition coefficient (Wildman–Crippen LogP) is 5.12. The lowest BCUT2D eigenvalue weighted by atomic mass is 9.97. The highest BCUT2D eigenvalue weighted by Crippen LogP contribution is 2.31. The van der Waals surface area contributed by atoms with Gasteiger partial charge in [-0.1, -0.05) is 55.8 Å². The van der Waals surface area contributed by atoms with Crippen molar-refractivity contribution in [3.8, 4) is 11.3 Å². The van der Waals surface area contributed by atoms with Gasteiger partial charge >= 0.3 is 0 Å². The second-order valence-electron chi connectivity index (χ2n) is 7.36. The van der Waals surface area contributed by atoms with Gasteiger partial charge in [-0.25, -0.2) is 9.97 Å². The summed E-state index contributed by atoms with van der Waals surface area (Å²) in [6.45, 7) is 5.37. The second-order valence-corrected chi connectivity index (χ2v) is 7.80. The van der Waals surface area contributed by atoms with E-state index in [9.17, 15) is 4.79 Å². The fourth-order valence-corrected chi connectivity index (χ4v) is 3.60. The van der Waals surface area contributed by atoms with Crippen LogP contribution < -0.4 is 0 Å². The zero-order valence-electron chi connectivity index (χ0n) is 16.0. The summed E-state index contributed by atoms with van der Waals surface area (Å²) >= 11 is 6.07. The number of amides is 1. The molecular formula is C23H22ClN3O. The minimum atomic E-state index is 0.0428. The van der Waals surface area contributed by atoms with Crippen LogP contribution in [0.15, 0.2) is 54.6 Å². The van der Waals surface area contributed by atoms with E-state index >= 15 is 0 Å². The number of benzene rings is 2. The van der Waals surface area contributed by atoms with Crippen LogP contribution in [0.5, 0.6) is 0 Å². The van der Waals surface area contributed by atoms with Crippen LogP contribution in [0, 0.1) is 0 Å². The van der Waals surface area contributed by atoms with Crippen molar-refractivity contribution >= 4 is 17.5 Å². The normalized spacial score (nSPS) is 13.5. The molecule has 1 aliphatic heterocycles. The monoisotopic (exact) mass is 391 g/mol. The number of rotatable bonds is 3. The van der Waals surface area contributed by atoms with Crippen molar-refractivity contribution in [1.82, 2.24) is 14.9 Å². The summed E-state index contributed by atoms with van der Waals surface area (Å²) < 4.78 is 0. The van der Waals surface area contributed by atoms with E-state index in [0.717, 1.165) is 34.8 Å². The summed E-state index contributed by atoms with van der Waals surface area (Å²) in [6, 6.07) is 17.1. The Morgan fingerprint density at radius 2 is 1.75 bits per heavy atom. The van der Waals surface area contributed by atoms with Gasteiger partial charge in [0.15, 0.2) is 0 Å². The van der Waals surface area contributed by atoms with E-state index in [2.05, 4.69) is 13.8 Å². The standard InChI is InChI=1S/C23H22ClN3O/c1-15(2)22-25-20-12-13-27(23(28)17-6-4-3-5-7-17)14-19(20)21(26-22)16-8-10-18(24)11-9-16/h3-11,15H,12-14H2,1-2H3. The average molecular weight is 392 g/mol. The molecule has 2 aromatic carbocycles. The molecule has 3 aromatic rings. The van der Waals surface area contributed by atoms with Gasteiger partial charge in [0, 0.05) is 47.1 Å². The van der Waals surface area contributed by atoms with Crippen LogP contribution in [-0.4, -0.2) is 27.3 Å². The predicted molar refractivity (Wildman–Crippen MR) is 111 cm³/mol. The second kappa shape index (κ2) is 7.72. The van der Waals surface area contributed by atoms with Crippen molar-refractivity contribution in [3.05, 3.63) is 82.3 Å². The molecule has 2 heterocycles. The number of aromatic nitrogens is 2. The molecule has 4 nitrogen and oxygen atoms in total. The summed E-state index contributed by atoms with van der Waals surface area (Å²) in [7, 11) is 0. The quantitative estimate of drug-likeness (QED) is 0.622. The lowest BCUT2D eigenvalue weighted by Gasteiger charge is -2.30. The molecule has 0 radical (unpaired) electrons. The van der Waals surface area contributed by atoms with Crippen molar-refractivity contribution < 1.29 is 4.79 Å². The van der Waals surface area contributed by atoms with E-state index < -0.39 is 0 Å². The van der Waals surface area contributed by atoms with E-state index in [0.29, 0.717) is 23.7 Å². The van der Waals surface area contributed by atoms with Gasteiger partial charge in [-0.2, -0.15) is 0 Å². The van der Waals surface area contributed by atoms with Gasteiger partial charge < -0.3 is 4.90 Å². The molecule has 1 amide bonds. The summed E-state index contributed by atoms with van der Waals surface area (Å²) in [4.78, 5) is 24.5. The topological polar surface area (TPSA) is 46.1 Å².